The van der Waals surface area contributed by atoms with Crippen molar-refractivity contribution in [2.75, 3.05) is 28.3 Å². The second kappa shape index (κ2) is 8.43. The number of ether oxygens (including phenoxy) is 2. The maximum Gasteiger partial charge on any atom is 0.189 e. The lowest BCUT2D eigenvalue weighted by Crippen LogP contribution is -2.31. The van der Waals surface area contributed by atoms with Crippen LogP contribution in [0.1, 0.15) is 17.0 Å². The van der Waals surface area contributed by atoms with Gasteiger partial charge < -0.3 is 14.4 Å². The Morgan fingerprint density at radius 2 is 1.84 bits per heavy atom. The van der Waals surface area contributed by atoms with Gasteiger partial charge in [0, 0.05) is 25.4 Å². The molecule has 0 aliphatic heterocycles. The summed E-state index contributed by atoms with van der Waals surface area (Å²) in [5, 5.41) is 4.99. The lowest BCUT2D eigenvalue weighted by Gasteiger charge is -2.15. The van der Waals surface area contributed by atoms with Gasteiger partial charge in [0.05, 0.1) is 19.9 Å². The lowest BCUT2D eigenvalue weighted by molar-refractivity contribution is 0.355. The van der Waals surface area contributed by atoms with Crippen LogP contribution in [0.3, 0.4) is 0 Å². The number of benzene rings is 1. The van der Waals surface area contributed by atoms with Crippen LogP contribution in [0.15, 0.2) is 41.5 Å². The SMILES string of the molecule is COc1ccc(/C(=N/NC(=S)N(C)C)c2cccc(C)n2)cc1OC. The molecule has 2 rings (SSSR count). The van der Waals surface area contributed by atoms with Crippen LogP contribution in [0.2, 0.25) is 0 Å². The van der Waals surface area contributed by atoms with Gasteiger partial charge in [-0.3, -0.25) is 10.4 Å². The number of nitrogens with zero attached hydrogens (tertiary/aromatic N) is 3. The first kappa shape index (κ1) is 18.7. The van der Waals surface area contributed by atoms with Crippen molar-refractivity contribution in [3.63, 3.8) is 0 Å². The Bertz CT molecular complexity index is 790. The molecule has 0 fully saturated rings. The minimum absolute atomic E-state index is 0.505. The Labute approximate surface area is 153 Å². The van der Waals surface area contributed by atoms with Crippen LogP contribution in [0.25, 0.3) is 0 Å². The fourth-order valence-electron chi connectivity index (χ4n) is 2.13. The van der Waals surface area contributed by atoms with E-state index >= 15 is 0 Å². The highest BCUT2D eigenvalue weighted by Gasteiger charge is 2.13. The van der Waals surface area contributed by atoms with E-state index in [1.807, 2.05) is 57.4 Å². The van der Waals surface area contributed by atoms with Crippen LogP contribution < -0.4 is 14.9 Å². The largest absolute Gasteiger partial charge is 0.493 e. The van der Waals surface area contributed by atoms with Crippen LogP contribution in [-0.2, 0) is 0 Å². The van der Waals surface area contributed by atoms with Crippen molar-refractivity contribution in [2.24, 2.45) is 5.10 Å². The highest BCUT2D eigenvalue weighted by molar-refractivity contribution is 7.80. The van der Waals surface area contributed by atoms with E-state index in [9.17, 15) is 0 Å². The molecule has 0 unspecified atom stereocenters. The molecular formula is C18H22N4O2S. The van der Waals surface area contributed by atoms with Gasteiger partial charge in [0.15, 0.2) is 16.6 Å². The zero-order valence-corrected chi connectivity index (χ0v) is 15.8. The number of nitrogens with one attached hydrogen (secondary N) is 1. The third-order valence-corrected chi connectivity index (χ3v) is 3.91. The predicted octanol–water partition coefficient (Wildman–Crippen LogP) is 2.60. The number of aromatic nitrogens is 1. The van der Waals surface area contributed by atoms with Gasteiger partial charge in [-0.2, -0.15) is 5.10 Å². The third-order valence-electron chi connectivity index (χ3n) is 3.46. The molecular weight excluding hydrogens is 336 g/mol. The van der Waals surface area contributed by atoms with Gasteiger partial charge in [0.25, 0.3) is 0 Å². The molecule has 0 aliphatic rings. The predicted molar refractivity (Wildman–Crippen MR) is 104 cm³/mol. The Balaban J connectivity index is 2.51. The van der Waals surface area contributed by atoms with Crippen molar-refractivity contribution in [1.29, 1.82) is 0 Å². The van der Waals surface area contributed by atoms with E-state index in [0.717, 1.165) is 17.0 Å². The summed E-state index contributed by atoms with van der Waals surface area (Å²) in [6, 6.07) is 11.4. The van der Waals surface area contributed by atoms with Crippen molar-refractivity contribution in [2.45, 2.75) is 6.92 Å². The summed E-state index contributed by atoms with van der Waals surface area (Å²) in [4.78, 5) is 6.34. The molecule has 0 bridgehead atoms. The van der Waals surface area contributed by atoms with Gasteiger partial charge in [0.1, 0.15) is 5.71 Å². The molecule has 6 nitrogen and oxygen atoms in total. The number of methoxy groups -OCH3 is 2. The number of hydrogen-bond acceptors (Lipinski definition) is 5. The van der Waals surface area contributed by atoms with Gasteiger partial charge in [-0.05, 0) is 49.5 Å². The normalized spacial score (nSPS) is 11.0. The summed E-state index contributed by atoms with van der Waals surface area (Å²) >= 11 is 5.25. The molecule has 0 aliphatic carbocycles. The quantitative estimate of drug-likeness (QED) is 0.504. The molecule has 0 saturated heterocycles. The minimum atomic E-state index is 0.505. The van der Waals surface area contributed by atoms with E-state index in [2.05, 4.69) is 15.5 Å². The summed E-state index contributed by atoms with van der Waals surface area (Å²) in [6.07, 6.45) is 0. The number of aryl methyl sites for hydroxylation is 1. The van der Waals surface area contributed by atoms with Crippen LogP contribution in [0.4, 0.5) is 0 Å². The first-order valence-corrected chi connectivity index (χ1v) is 8.08. The first-order chi connectivity index (χ1) is 12.0. The van der Waals surface area contributed by atoms with Crippen LogP contribution in [0.5, 0.6) is 11.5 Å². The molecule has 0 saturated carbocycles. The summed E-state index contributed by atoms with van der Waals surface area (Å²) in [7, 11) is 6.91. The third kappa shape index (κ3) is 4.67. The summed E-state index contributed by atoms with van der Waals surface area (Å²) in [5.74, 6) is 1.27. The average Bonchev–Trinajstić information content (AvgIpc) is 2.61. The van der Waals surface area contributed by atoms with Gasteiger partial charge in [0.2, 0.25) is 0 Å². The molecule has 25 heavy (non-hydrogen) atoms. The second-order valence-corrected chi connectivity index (χ2v) is 5.89. The first-order valence-electron chi connectivity index (χ1n) is 7.67. The number of pyridine rings is 1. The molecule has 0 spiro atoms. The fraction of sp³-hybridized carbons (Fsp3) is 0.278. The highest BCUT2D eigenvalue weighted by Crippen LogP contribution is 2.28. The van der Waals surface area contributed by atoms with Crippen molar-refractivity contribution in [3.8, 4) is 11.5 Å². The summed E-state index contributed by atoms with van der Waals surface area (Å²) in [5.41, 5.74) is 6.04. The smallest absolute Gasteiger partial charge is 0.189 e. The zero-order valence-electron chi connectivity index (χ0n) is 15.0. The molecule has 1 aromatic heterocycles. The standard InChI is InChI=1S/C18H22N4O2S/c1-12-7-6-8-14(19-12)17(20-21-18(25)22(2)3)13-9-10-15(23-4)16(11-13)24-5/h6-11H,1-5H3,(H,21,25)/b20-17-. The zero-order chi connectivity index (χ0) is 18.4. The average molecular weight is 358 g/mol. The van der Waals surface area contributed by atoms with E-state index in [0.29, 0.717) is 22.3 Å². The van der Waals surface area contributed by atoms with Crippen molar-refractivity contribution < 1.29 is 9.47 Å². The van der Waals surface area contributed by atoms with Crippen LogP contribution in [0, 0.1) is 6.92 Å². The molecule has 1 aromatic carbocycles. The van der Waals surface area contributed by atoms with Gasteiger partial charge in [-0.25, -0.2) is 0 Å². The van der Waals surface area contributed by atoms with E-state index in [4.69, 9.17) is 21.7 Å². The van der Waals surface area contributed by atoms with E-state index in [1.165, 1.54) is 0 Å². The number of thiocarbonyl (C=S) groups is 1. The summed E-state index contributed by atoms with van der Waals surface area (Å²) in [6.45, 7) is 1.94. The van der Waals surface area contributed by atoms with Crippen molar-refractivity contribution >= 4 is 23.0 Å². The van der Waals surface area contributed by atoms with Crippen LogP contribution >= 0.6 is 12.2 Å². The molecule has 1 N–H and O–H groups in total. The van der Waals surface area contributed by atoms with Crippen LogP contribution in [-0.4, -0.2) is 49.0 Å². The maximum absolute atomic E-state index is 5.40. The van der Waals surface area contributed by atoms with E-state index in [1.54, 1.807) is 19.1 Å². The molecule has 7 heteroatoms. The fourth-order valence-corrected chi connectivity index (χ4v) is 2.18. The van der Waals surface area contributed by atoms with E-state index in [-0.39, 0.29) is 0 Å². The molecule has 0 radical (unpaired) electrons. The van der Waals surface area contributed by atoms with E-state index < -0.39 is 0 Å². The lowest BCUT2D eigenvalue weighted by atomic mass is 10.1. The topological polar surface area (TPSA) is 59.0 Å². The molecule has 2 aromatic rings. The Hall–Kier alpha value is -2.67. The minimum Gasteiger partial charge on any atom is -0.493 e. The summed E-state index contributed by atoms with van der Waals surface area (Å²) < 4.78 is 10.7. The van der Waals surface area contributed by atoms with Gasteiger partial charge >= 0.3 is 0 Å². The monoisotopic (exact) mass is 358 g/mol. The molecule has 132 valence electrons. The number of rotatable bonds is 5. The second-order valence-electron chi connectivity index (χ2n) is 5.51. The molecule has 0 amide bonds. The number of hydrogen-bond donors (Lipinski definition) is 1. The maximum atomic E-state index is 5.40. The Morgan fingerprint density at radius 3 is 2.44 bits per heavy atom. The number of hydrazone groups is 1. The van der Waals surface area contributed by atoms with Crippen molar-refractivity contribution in [3.05, 3.63) is 53.3 Å². The van der Waals surface area contributed by atoms with Gasteiger partial charge in [-0.15, -0.1) is 0 Å². The Kier molecular flexibility index (Phi) is 6.30. The van der Waals surface area contributed by atoms with Gasteiger partial charge in [-0.1, -0.05) is 6.07 Å². The van der Waals surface area contributed by atoms with Crippen molar-refractivity contribution in [1.82, 2.24) is 15.3 Å². The highest BCUT2D eigenvalue weighted by atomic mass is 32.1. The molecule has 0 atom stereocenters. The Morgan fingerprint density at radius 1 is 1.12 bits per heavy atom. The molecule has 1 heterocycles.